The van der Waals surface area contributed by atoms with Crippen LogP contribution in [0, 0.1) is 6.92 Å². The van der Waals surface area contributed by atoms with E-state index in [1.54, 1.807) is 0 Å². The van der Waals surface area contributed by atoms with Gasteiger partial charge in [-0.15, -0.1) is 0 Å². The van der Waals surface area contributed by atoms with Gasteiger partial charge in [0.25, 0.3) is 0 Å². The van der Waals surface area contributed by atoms with Gasteiger partial charge in [0.05, 0.1) is 18.9 Å². The maximum absolute atomic E-state index is 5.53. The number of ether oxygens (including phenoxy) is 1. The number of nitrogens with zero attached hydrogens (tertiary/aromatic N) is 6. The summed E-state index contributed by atoms with van der Waals surface area (Å²) < 4.78 is 7.56. The Bertz CT molecular complexity index is 796. The van der Waals surface area contributed by atoms with Crippen LogP contribution in [0.2, 0.25) is 0 Å². The molecule has 7 heteroatoms. The second-order valence-corrected chi connectivity index (χ2v) is 7.58. The fourth-order valence-corrected chi connectivity index (χ4v) is 4.16. The van der Waals surface area contributed by atoms with E-state index in [1.807, 2.05) is 10.9 Å². The SMILES string of the molecule is CCCc1ncc2c(n1)CCN(Cc1c(C)nn(C)c1N1CCOCC1)C2. The number of anilines is 1. The van der Waals surface area contributed by atoms with Gasteiger partial charge in [-0.2, -0.15) is 5.10 Å². The first-order valence-electron chi connectivity index (χ1n) is 10.1. The average molecular weight is 371 g/mol. The van der Waals surface area contributed by atoms with Gasteiger partial charge in [0.1, 0.15) is 11.6 Å². The summed E-state index contributed by atoms with van der Waals surface area (Å²) >= 11 is 0. The molecule has 0 atom stereocenters. The largest absolute Gasteiger partial charge is 0.378 e. The molecule has 2 aliphatic heterocycles. The first kappa shape index (κ1) is 18.4. The Morgan fingerprint density at radius 3 is 2.78 bits per heavy atom. The summed E-state index contributed by atoms with van der Waals surface area (Å²) in [5.41, 5.74) is 4.97. The number of aryl methyl sites for hydroxylation is 3. The van der Waals surface area contributed by atoms with Crippen molar-refractivity contribution < 1.29 is 4.74 Å². The van der Waals surface area contributed by atoms with Crippen LogP contribution in [0.25, 0.3) is 0 Å². The fraction of sp³-hybridized carbons (Fsp3) is 0.650. The van der Waals surface area contributed by atoms with Crippen LogP contribution in [0.4, 0.5) is 5.82 Å². The molecule has 0 saturated carbocycles. The van der Waals surface area contributed by atoms with E-state index in [0.717, 1.165) is 76.7 Å². The van der Waals surface area contributed by atoms with Crippen molar-refractivity contribution in [3.05, 3.63) is 34.5 Å². The molecule has 0 amide bonds. The molecular weight excluding hydrogens is 340 g/mol. The Morgan fingerprint density at radius 2 is 2.00 bits per heavy atom. The van der Waals surface area contributed by atoms with Crippen LogP contribution in [0.3, 0.4) is 0 Å². The second kappa shape index (κ2) is 7.94. The van der Waals surface area contributed by atoms with Crippen LogP contribution in [0.5, 0.6) is 0 Å². The molecule has 1 fully saturated rings. The minimum absolute atomic E-state index is 0.790. The average Bonchev–Trinajstić information content (AvgIpc) is 2.96. The summed E-state index contributed by atoms with van der Waals surface area (Å²) in [5.74, 6) is 2.23. The van der Waals surface area contributed by atoms with Gasteiger partial charge in [-0.05, 0) is 13.3 Å². The summed E-state index contributed by atoms with van der Waals surface area (Å²) in [6.07, 6.45) is 5.10. The lowest BCUT2D eigenvalue weighted by atomic mass is 10.1. The first-order valence-corrected chi connectivity index (χ1v) is 10.1. The Labute approximate surface area is 161 Å². The summed E-state index contributed by atoms with van der Waals surface area (Å²) in [6.45, 7) is 10.6. The Hall–Kier alpha value is -1.99. The summed E-state index contributed by atoms with van der Waals surface area (Å²) in [7, 11) is 2.05. The number of rotatable bonds is 5. The first-order chi connectivity index (χ1) is 13.2. The molecule has 4 rings (SSSR count). The molecule has 0 radical (unpaired) electrons. The van der Waals surface area contributed by atoms with E-state index >= 15 is 0 Å². The molecule has 2 aromatic rings. The van der Waals surface area contributed by atoms with E-state index in [2.05, 4.69) is 35.7 Å². The third-order valence-electron chi connectivity index (χ3n) is 5.54. The van der Waals surface area contributed by atoms with Gasteiger partial charge >= 0.3 is 0 Å². The van der Waals surface area contributed by atoms with Crippen molar-refractivity contribution in [3.8, 4) is 0 Å². The Kier molecular flexibility index (Phi) is 5.41. The van der Waals surface area contributed by atoms with E-state index in [0.29, 0.717) is 0 Å². The topological polar surface area (TPSA) is 59.3 Å². The molecule has 0 aliphatic carbocycles. The fourth-order valence-electron chi connectivity index (χ4n) is 4.16. The quantitative estimate of drug-likeness (QED) is 0.801. The van der Waals surface area contributed by atoms with Crippen molar-refractivity contribution in [3.63, 3.8) is 0 Å². The normalized spacial score (nSPS) is 18.0. The van der Waals surface area contributed by atoms with Gasteiger partial charge in [-0.3, -0.25) is 9.58 Å². The van der Waals surface area contributed by atoms with E-state index in [-0.39, 0.29) is 0 Å². The van der Waals surface area contributed by atoms with E-state index in [4.69, 9.17) is 14.8 Å². The number of aromatic nitrogens is 4. The lowest BCUT2D eigenvalue weighted by Crippen LogP contribution is -2.38. The van der Waals surface area contributed by atoms with Crippen LogP contribution in [0.1, 0.15) is 41.7 Å². The molecule has 0 N–H and O–H groups in total. The number of hydrogen-bond donors (Lipinski definition) is 0. The number of morpholine rings is 1. The van der Waals surface area contributed by atoms with E-state index < -0.39 is 0 Å². The highest BCUT2D eigenvalue weighted by atomic mass is 16.5. The highest BCUT2D eigenvalue weighted by Crippen LogP contribution is 2.27. The maximum Gasteiger partial charge on any atom is 0.131 e. The zero-order valence-electron chi connectivity index (χ0n) is 16.7. The molecule has 0 spiro atoms. The molecular formula is C20H30N6O. The van der Waals surface area contributed by atoms with Gasteiger partial charge in [0.15, 0.2) is 0 Å². The highest BCUT2D eigenvalue weighted by Gasteiger charge is 2.25. The maximum atomic E-state index is 5.53. The molecule has 2 aromatic heterocycles. The predicted molar refractivity (Wildman–Crippen MR) is 105 cm³/mol. The molecule has 0 aromatic carbocycles. The van der Waals surface area contributed by atoms with Gasteiger partial charge in [-0.25, -0.2) is 9.97 Å². The third kappa shape index (κ3) is 3.84. The number of fused-ring (bicyclic) bond motifs is 1. The minimum Gasteiger partial charge on any atom is -0.378 e. The van der Waals surface area contributed by atoms with Crippen molar-refractivity contribution >= 4 is 5.82 Å². The Balaban J connectivity index is 1.52. The van der Waals surface area contributed by atoms with Crippen LogP contribution in [-0.4, -0.2) is 57.5 Å². The molecule has 4 heterocycles. The molecule has 146 valence electrons. The lowest BCUT2D eigenvalue weighted by molar-refractivity contribution is 0.122. The zero-order valence-corrected chi connectivity index (χ0v) is 16.7. The lowest BCUT2D eigenvalue weighted by Gasteiger charge is -2.32. The van der Waals surface area contributed by atoms with Crippen molar-refractivity contribution in [2.75, 3.05) is 37.7 Å². The van der Waals surface area contributed by atoms with E-state index in [9.17, 15) is 0 Å². The summed E-state index contributed by atoms with van der Waals surface area (Å²) in [5, 5.41) is 4.71. The number of hydrogen-bond acceptors (Lipinski definition) is 6. The smallest absolute Gasteiger partial charge is 0.131 e. The Morgan fingerprint density at radius 1 is 1.19 bits per heavy atom. The molecule has 0 bridgehead atoms. The van der Waals surface area contributed by atoms with Crippen molar-refractivity contribution in [2.24, 2.45) is 7.05 Å². The molecule has 0 unspecified atom stereocenters. The zero-order chi connectivity index (χ0) is 18.8. The van der Waals surface area contributed by atoms with Crippen LogP contribution in [0.15, 0.2) is 6.20 Å². The van der Waals surface area contributed by atoms with Gasteiger partial charge in [0, 0.05) is 75.6 Å². The van der Waals surface area contributed by atoms with Crippen LogP contribution >= 0.6 is 0 Å². The molecule has 1 saturated heterocycles. The van der Waals surface area contributed by atoms with Crippen LogP contribution < -0.4 is 4.90 Å². The molecule has 7 nitrogen and oxygen atoms in total. The monoisotopic (exact) mass is 370 g/mol. The van der Waals surface area contributed by atoms with Gasteiger partial charge in [0.2, 0.25) is 0 Å². The standard InChI is InChI=1S/C20H30N6O/c1-4-5-19-21-12-16-13-25(7-6-18(16)22-19)14-17-15(2)23-24(3)20(17)26-8-10-27-11-9-26/h12H,4-11,13-14H2,1-3H3. The van der Waals surface area contributed by atoms with Crippen molar-refractivity contribution in [1.29, 1.82) is 0 Å². The minimum atomic E-state index is 0.790. The summed E-state index contributed by atoms with van der Waals surface area (Å²) in [4.78, 5) is 14.3. The van der Waals surface area contributed by atoms with Crippen molar-refractivity contribution in [2.45, 2.75) is 46.2 Å². The van der Waals surface area contributed by atoms with Gasteiger partial charge < -0.3 is 9.64 Å². The molecule has 27 heavy (non-hydrogen) atoms. The summed E-state index contributed by atoms with van der Waals surface area (Å²) in [6, 6.07) is 0. The van der Waals surface area contributed by atoms with Crippen molar-refractivity contribution in [1.82, 2.24) is 24.6 Å². The van der Waals surface area contributed by atoms with Gasteiger partial charge in [-0.1, -0.05) is 6.92 Å². The van der Waals surface area contributed by atoms with Crippen LogP contribution in [-0.2, 0) is 37.7 Å². The predicted octanol–water partition coefficient (Wildman–Crippen LogP) is 1.87. The second-order valence-electron chi connectivity index (χ2n) is 7.58. The van der Waals surface area contributed by atoms with E-state index in [1.165, 1.54) is 22.6 Å². The highest BCUT2D eigenvalue weighted by molar-refractivity contribution is 5.50. The molecule has 2 aliphatic rings. The third-order valence-corrected chi connectivity index (χ3v) is 5.54.